The summed E-state index contributed by atoms with van der Waals surface area (Å²) in [6, 6.07) is 6.05. The van der Waals surface area contributed by atoms with E-state index in [1.807, 2.05) is 29.0 Å². The van der Waals surface area contributed by atoms with Crippen molar-refractivity contribution in [3.8, 4) is 0 Å². The maximum Gasteiger partial charge on any atom is 0.305 e. The highest BCUT2D eigenvalue weighted by atomic mass is 16.4. The summed E-state index contributed by atoms with van der Waals surface area (Å²) in [5.74, 6) is -0.589. The molecule has 1 heterocycles. The number of anilines is 2. The molecule has 22 heavy (non-hydrogen) atoms. The molecule has 0 aromatic heterocycles. The summed E-state index contributed by atoms with van der Waals surface area (Å²) in [5.41, 5.74) is 3.19. The van der Waals surface area contributed by atoms with Crippen LogP contribution >= 0.6 is 0 Å². The SMILES string of the molecule is CCCCN1C(=O)CCc2cc(N(C)CCC(=O)O)ccc21. The molecule has 1 N–H and O–H groups in total. The quantitative estimate of drug-likeness (QED) is 0.841. The monoisotopic (exact) mass is 304 g/mol. The van der Waals surface area contributed by atoms with Crippen LogP contribution in [0.15, 0.2) is 18.2 Å². The van der Waals surface area contributed by atoms with Gasteiger partial charge in [0.2, 0.25) is 5.91 Å². The lowest BCUT2D eigenvalue weighted by atomic mass is 9.99. The number of rotatable bonds is 7. The van der Waals surface area contributed by atoms with Crippen molar-refractivity contribution in [2.24, 2.45) is 0 Å². The van der Waals surface area contributed by atoms with Crippen LogP contribution in [-0.4, -0.2) is 37.1 Å². The minimum absolute atomic E-state index is 0.120. The molecule has 0 saturated carbocycles. The zero-order valence-corrected chi connectivity index (χ0v) is 13.3. The Kier molecular flexibility index (Phi) is 5.41. The smallest absolute Gasteiger partial charge is 0.305 e. The highest BCUT2D eigenvalue weighted by molar-refractivity contribution is 5.96. The fraction of sp³-hybridized carbons (Fsp3) is 0.529. The van der Waals surface area contributed by atoms with Crippen LogP contribution < -0.4 is 9.80 Å². The minimum Gasteiger partial charge on any atom is -0.481 e. The first-order valence-electron chi connectivity index (χ1n) is 7.89. The van der Waals surface area contributed by atoms with Crippen molar-refractivity contribution in [2.45, 2.75) is 39.0 Å². The molecule has 120 valence electrons. The lowest BCUT2D eigenvalue weighted by Gasteiger charge is -2.31. The third-order valence-corrected chi connectivity index (χ3v) is 4.10. The molecule has 0 aliphatic carbocycles. The molecule has 5 heteroatoms. The van der Waals surface area contributed by atoms with Gasteiger partial charge in [-0.2, -0.15) is 0 Å². The number of carboxylic acid groups (broad SMARTS) is 1. The minimum atomic E-state index is -0.791. The topological polar surface area (TPSA) is 60.9 Å². The first-order chi connectivity index (χ1) is 10.5. The normalized spacial score (nSPS) is 13.9. The lowest BCUT2D eigenvalue weighted by molar-refractivity contribution is -0.136. The molecule has 0 radical (unpaired) electrons. The number of aliphatic carboxylic acids is 1. The van der Waals surface area contributed by atoms with Gasteiger partial charge in [0.25, 0.3) is 0 Å². The molecule has 5 nitrogen and oxygen atoms in total. The number of aryl methyl sites for hydroxylation is 1. The Morgan fingerprint density at radius 3 is 2.82 bits per heavy atom. The molecule has 1 aliphatic rings. The molecule has 0 atom stereocenters. The van der Waals surface area contributed by atoms with Gasteiger partial charge in [-0.3, -0.25) is 9.59 Å². The van der Waals surface area contributed by atoms with E-state index in [4.69, 9.17) is 5.11 Å². The number of nitrogens with zero attached hydrogens (tertiary/aromatic N) is 2. The van der Waals surface area contributed by atoms with Crippen molar-refractivity contribution in [1.82, 2.24) is 0 Å². The van der Waals surface area contributed by atoms with E-state index in [0.29, 0.717) is 13.0 Å². The Morgan fingerprint density at radius 2 is 2.14 bits per heavy atom. The predicted octanol–water partition coefficient (Wildman–Crippen LogP) is 2.68. The number of hydrogen-bond acceptors (Lipinski definition) is 3. The lowest BCUT2D eigenvalue weighted by Crippen LogP contribution is -2.36. The second-order valence-electron chi connectivity index (χ2n) is 5.78. The molecular weight excluding hydrogens is 280 g/mol. The average Bonchev–Trinajstić information content (AvgIpc) is 2.51. The largest absolute Gasteiger partial charge is 0.481 e. The van der Waals surface area contributed by atoms with Crippen LogP contribution in [0.5, 0.6) is 0 Å². The van der Waals surface area contributed by atoms with E-state index in [0.717, 1.165) is 37.2 Å². The third kappa shape index (κ3) is 3.78. The van der Waals surface area contributed by atoms with Gasteiger partial charge in [0.15, 0.2) is 0 Å². The van der Waals surface area contributed by atoms with Crippen LogP contribution in [0.3, 0.4) is 0 Å². The van der Waals surface area contributed by atoms with Crippen LogP contribution in [0.2, 0.25) is 0 Å². The summed E-state index contributed by atoms with van der Waals surface area (Å²) in [5, 5.41) is 8.78. The van der Waals surface area contributed by atoms with Gasteiger partial charge in [-0.15, -0.1) is 0 Å². The average molecular weight is 304 g/mol. The maximum absolute atomic E-state index is 12.1. The van der Waals surface area contributed by atoms with Crippen LogP contribution in [0.25, 0.3) is 0 Å². The van der Waals surface area contributed by atoms with Crippen LogP contribution in [0, 0.1) is 0 Å². The van der Waals surface area contributed by atoms with Gasteiger partial charge in [-0.25, -0.2) is 0 Å². The Bertz CT molecular complexity index is 557. The number of unbranched alkanes of at least 4 members (excludes halogenated alkanes) is 1. The standard InChI is InChI=1S/C17H24N2O3/c1-3-4-10-19-15-7-6-14(18(2)11-9-17(21)22)12-13(15)5-8-16(19)20/h6-7,12H,3-5,8-11H2,1-2H3,(H,21,22). The first-order valence-corrected chi connectivity index (χ1v) is 7.89. The second kappa shape index (κ2) is 7.29. The highest BCUT2D eigenvalue weighted by Gasteiger charge is 2.24. The van der Waals surface area contributed by atoms with Crippen molar-refractivity contribution in [3.05, 3.63) is 23.8 Å². The highest BCUT2D eigenvalue weighted by Crippen LogP contribution is 2.31. The molecule has 0 saturated heterocycles. The predicted molar refractivity (Wildman–Crippen MR) is 87.5 cm³/mol. The van der Waals surface area contributed by atoms with Crippen LogP contribution in [0.1, 0.15) is 38.2 Å². The number of carboxylic acids is 1. The summed E-state index contributed by atoms with van der Waals surface area (Å²) in [6.07, 6.45) is 3.51. The molecule has 2 rings (SSSR count). The molecule has 0 spiro atoms. The van der Waals surface area contributed by atoms with Crippen molar-refractivity contribution in [3.63, 3.8) is 0 Å². The maximum atomic E-state index is 12.1. The molecule has 0 fully saturated rings. The summed E-state index contributed by atoms with van der Waals surface area (Å²) < 4.78 is 0. The number of hydrogen-bond donors (Lipinski definition) is 1. The number of carbonyl (C=O) groups excluding carboxylic acids is 1. The van der Waals surface area contributed by atoms with Gasteiger partial charge in [0.05, 0.1) is 6.42 Å². The van der Waals surface area contributed by atoms with Crippen molar-refractivity contribution in [2.75, 3.05) is 29.9 Å². The van der Waals surface area contributed by atoms with E-state index >= 15 is 0 Å². The Morgan fingerprint density at radius 1 is 1.36 bits per heavy atom. The van der Waals surface area contributed by atoms with Crippen LogP contribution in [0.4, 0.5) is 11.4 Å². The number of carbonyl (C=O) groups is 2. The summed E-state index contributed by atoms with van der Waals surface area (Å²) in [6.45, 7) is 3.37. The van der Waals surface area contributed by atoms with E-state index in [2.05, 4.69) is 13.0 Å². The van der Waals surface area contributed by atoms with Crippen LogP contribution in [-0.2, 0) is 16.0 Å². The first kappa shape index (κ1) is 16.3. The molecule has 1 aliphatic heterocycles. The Balaban J connectivity index is 2.16. The third-order valence-electron chi connectivity index (χ3n) is 4.10. The van der Waals surface area contributed by atoms with Gasteiger partial charge >= 0.3 is 5.97 Å². The van der Waals surface area contributed by atoms with Gasteiger partial charge in [-0.05, 0) is 36.6 Å². The number of benzene rings is 1. The Labute approximate surface area is 131 Å². The second-order valence-corrected chi connectivity index (χ2v) is 5.78. The summed E-state index contributed by atoms with van der Waals surface area (Å²) in [4.78, 5) is 26.6. The fourth-order valence-corrected chi connectivity index (χ4v) is 2.74. The Hall–Kier alpha value is -2.04. The number of amides is 1. The van der Waals surface area contributed by atoms with Gasteiger partial charge < -0.3 is 14.9 Å². The van der Waals surface area contributed by atoms with E-state index in [1.165, 1.54) is 5.56 Å². The molecule has 1 aromatic rings. The van der Waals surface area contributed by atoms with Crippen molar-refractivity contribution >= 4 is 23.3 Å². The van der Waals surface area contributed by atoms with Crippen molar-refractivity contribution < 1.29 is 14.7 Å². The molecule has 0 unspecified atom stereocenters. The fourth-order valence-electron chi connectivity index (χ4n) is 2.74. The van der Waals surface area contributed by atoms with E-state index < -0.39 is 5.97 Å². The van der Waals surface area contributed by atoms with Gasteiger partial charge in [0.1, 0.15) is 0 Å². The number of fused-ring (bicyclic) bond motifs is 1. The summed E-state index contributed by atoms with van der Waals surface area (Å²) >= 11 is 0. The van der Waals surface area contributed by atoms with E-state index in [1.54, 1.807) is 0 Å². The van der Waals surface area contributed by atoms with E-state index in [-0.39, 0.29) is 12.3 Å². The molecular formula is C17H24N2O3. The molecule has 0 bridgehead atoms. The zero-order valence-electron chi connectivity index (χ0n) is 13.3. The zero-order chi connectivity index (χ0) is 16.1. The molecule has 1 aromatic carbocycles. The van der Waals surface area contributed by atoms with Gasteiger partial charge in [0, 0.05) is 37.9 Å². The van der Waals surface area contributed by atoms with Gasteiger partial charge in [-0.1, -0.05) is 13.3 Å². The summed E-state index contributed by atoms with van der Waals surface area (Å²) in [7, 11) is 1.90. The van der Waals surface area contributed by atoms with E-state index in [9.17, 15) is 9.59 Å². The van der Waals surface area contributed by atoms with Crippen molar-refractivity contribution in [1.29, 1.82) is 0 Å². The molecule has 1 amide bonds.